The van der Waals surface area contributed by atoms with Crippen molar-refractivity contribution >= 4 is 32.6 Å². The van der Waals surface area contributed by atoms with Crippen molar-refractivity contribution in [1.29, 1.82) is 0 Å². The number of nitrogens with zero attached hydrogens (tertiary/aromatic N) is 1. The Bertz CT molecular complexity index is 1270. The summed E-state index contributed by atoms with van der Waals surface area (Å²) in [6.07, 6.45) is 0. The molecule has 0 bridgehead atoms. The topological polar surface area (TPSA) is 67.6 Å². The molecule has 1 aromatic heterocycles. The molecule has 0 atom stereocenters. The second-order valence-corrected chi connectivity index (χ2v) is 8.61. The summed E-state index contributed by atoms with van der Waals surface area (Å²) < 4.78 is 33.5. The maximum Gasteiger partial charge on any atom is 0.308 e. The van der Waals surface area contributed by atoms with E-state index in [-0.39, 0.29) is 10.7 Å². The average Bonchev–Trinajstić information content (AvgIpc) is 3.15. The SMILES string of the molecule is Cc1ccc(C)c(N(C(=O)c2cc3ccccc3o2)S(=O)(=O)c2ccccc2)c1. The minimum Gasteiger partial charge on any atom is -0.451 e. The number of sulfonamides is 1. The van der Waals surface area contributed by atoms with E-state index in [1.807, 2.05) is 25.1 Å². The molecule has 0 unspecified atom stereocenters. The summed E-state index contributed by atoms with van der Waals surface area (Å²) in [5.41, 5.74) is 2.34. The minimum absolute atomic E-state index is 0.0327. The molecular formula is C23H19NO4S. The Balaban J connectivity index is 1.93. The smallest absolute Gasteiger partial charge is 0.308 e. The van der Waals surface area contributed by atoms with Gasteiger partial charge in [0, 0.05) is 5.39 Å². The predicted octanol–water partition coefficient (Wildman–Crippen LogP) is 5.09. The van der Waals surface area contributed by atoms with Crippen LogP contribution in [0, 0.1) is 13.8 Å². The van der Waals surface area contributed by atoms with Gasteiger partial charge in [0.25, 0.3) is 10.0 Å². The molecule has 4 aromatic rings. The van der Waals surface area contributed by atoms with Crippen molar-refractivity contribution in [3.63, 3.8) is 0 Å². The zero-order chi connectivity index (χ0) is 20.6. The number of carbonyl (C=O) groups excluding carboxylic acids is 1. The fourth-order valence-electron chi connectivity index (χ4n) is 3.17. The molecule has 6 heteroatoms. The molecule has 1 heterocycles. The molecule has 5 nitrogen and oxygen atoms in total. The van der Waals surface area contributed by atoms with Gasteiger partial charge in [-0.1, -0.05) is 48.5 Å². The number of hydrogen-bond donors (Lipinski definition) is 0. The van der Waals surface area contributed by atoms with E-state index in [2.05, 4.69) is 0 Å². The Hall–Kier alpha value is -3.38. The lowest BCUT2D eigenvalue weighted by atomic mass is 10.1. The molecule has 0 saturated heterocycles. The molecule has 0 aliphatic rings. The molecule has 4 rings (SSSR count). The molecule has 1 amide bonds. The van der Waals surface area contributed by atoms with Gasteiger partial charge in [-0.25, -0.2) is 8.42 Å². The fourth-order valence-corrected chi connectivity index (χ4v) is 4.65. The third kappa shape index (κ3) is 3.43. The molecule has 0 radical (unpaired) electrons. The number of furan rings is 1. The summed E-state index contributed by atoms with van der Waals surface area (Å²) in [5, 5.41) is 0.730. The second-order valence-electron chi connectivity index (χ2n) is 6.83. The number of benzene rings is 3. The van der Waals surface area contributed by atoms with Gasteiger partial charge >= 0.3 is 5.91 Å². The van der Waals surface area contributed by atoms with E-state index >= 15 is 0 Å². The van der Waals surface area contributed by atoms with Crippen LogP contribution in [0.3, 0.4) is 0 Å². The molecule has 0 spiro atoms. The summed E-state index contributed by atoms with van der Waals surface area (Å²) >= 11 is 0. The first-order valence-electron chi connectivity index (χ1n) is 9.08. The maximum atomic E-state index is 13.5. The van der Waals surface area contributed by atoms with Crippen molar-refractivity contribution in [2.45, 2.75) is 18.7 Å². The lowest BCUT2D eigenvalue weighted by Crippen LogP contribution is -2.37. The van der Waals surface area contributed by atoms with Gasteiger partial charge in [-0.15, -0.1) is 0 Å². The predicted molar refractivity (Wildman–Crippen MR) is 113 cm³/mol. The van der Waals surface area contributed by atoms with Crippen LogP contribution < -0.4 is 4.31 Å². The molecule has 0 N–H and O–H groups in total. The van der Waals surface area contributed by atoms with Crippen LogP contribution in [0.1, 0.15) is 21.7 Å². The van der Waals surface area contributed by atoms with Gasteiger partial charge in [0.05, 0.1) is 10.6 Å². The van der Waals surface area contributed by atoms with Crippen molar-refractivity contribution in [1.82, 2.24) is 0 Å². The quantitative estimate of drug-likeness (QED) is 0.475. The summed E-state index contributed by atoms with van der Waals surface area (Å²) in [6, 6.07) is 22.0. The van der Waals surface area contributed by atoms with Crippen LogP contribution in [-0.4, -0.2) is 14.3 Å². The summed E-state index contributed by atoms with van der Waals surface area (Å²) in [7, 11) is -4.15. The molecule has 0 aliphatic carbocycles. The Morgan fingerprint density at radius 3 is 2.28 bits per heavy atom. The van der Waals surface area contributed by atoms with Gasteiger partial charge in [0.15, 0.2) is 5.76 Å². The van der Waals surface area contributed by atoms with Crippen molar-refractivity contribution < 1.29 is 17.6 Å². The normalized spacial score (nSPS) is 11.5. The Morgan fingerprint density at radius 2 is 1.55 bits per heavy atom. The third-order valence-electron chi connectivity index (χ3n) is 4.69. The van der Waals surface area contributed by atoms with Crippen molar-refractivity contribution in [2.75, 3.05) is 4.31 Å². The molecular weight excluding hydrogens is 386 g/mol. The van der Waals surface area contributed by atoms with Gasteiger partial charge in [0.1, 0.15) is 5.58 Å². The summed E-state index contributed by atoms with van der Waals surface area (Å²) in [4.78, 5) is 13.5. The highest BCUT2D eigenvalue weighted by molar-refractivity contribution is 7.93. The van der Waals surface area contributed by atoms with Crippen LogP contribution >= 0.6 is 0 Å². The molecule has 0 saturated carbocycles. The number of hydrogen-bond acceptors (Lipinski definition) is 4. The minimum atomic E-state index is -4.15. The zero-order valence-electron chi connectivity index (χ0n) is 16.0. The highest BCUT2D eigenvalue weighted by Gasteiger charge is 2.34. The molecule has 0 fully saturated rings. The first-order valence-corrected chi connectivity index (χ1v) is 10.5. The number of fused-ring (bicyclic) bond motifs is 1. The average molecular weight is 405 g/mol. The van der Waals surface area contributed by atoms with E-state index in [1.54, 1.807) is 55.5 Å². The fraction of sp³-hybridized carbons (Fsp3) is 0.0870. The summed E-state index contributed by atoms with van der Waals surface area (Å²) in [5.74, 6) is -0.773. The van der Waals surface area contributed by atoms with E-state index in [0.717, 1.165) is 15.3 Å². The van der Waals surface area contributed by atoms with E-state index in [0.29, 0.717) is 16.8 Å². The Morgan fingerprint density at radius 1 is 0.862 bits per heavy atom. The number of anilines is 1. The van der Waals surface area contributed by atoms with E-state index in [9.17, 15) is 13.2 Å². The van der Waals surface area contributed by atoms with Gasteiger partial charge in [-0.2, -0.15) is 4.31 Å². The van der Waals surface area contributed by atoms with Crippen LogP contribution in [0.5, 0.6) is 0 Å². The maximum absolute atomic E-state index is 13.5. The highest BCUT2D eigenvalue weighted by Crippen LogP contribution is 2.31. The van der Waals surface area contributed by atoms with Gasteiger partial charge in [-0.3, -0.25) is 4.79 Å². The second kappa shape index (κ2) is 7.22. The van der Waals surface area contributed by atoms with Crippen LogP contribution in [-0.2, 0) is 10.0 Å². The number of amides is 1. The Labute approximate surface area is 169 Å². The van der Waals surface area contributed by atoms with Gasteiger partial charge < -0.3 is 4.42 Å². The highest BCUT2D eigenvalue weighted by atomic mass is 32.2. The van der Waals surface area contributed by atoms with Crippen LogP contribution in [0.2, 0.25) is 0 Å². The molecule has 0 aliphatic heterocycles. The monoisotopic (exact) mass is 405 g/mol. The standard InChI is InChI=1S/C23H19NO4S/c1-16-12-13-17(2)20(14-16)24(29(26,27)19-9-4-3-5-10-19)23(25)22-15-18-8-6-7-11-21(18)28-22/h3-15H,1-2H3. The number of para-hydroxylation sites is 1. The largest absolute Gasteiger partial charge is 0.451 e. The van der Waals surface area contributed by atoms with E-state index in [4.69, 9.17) is 4.42 Å². The molecule has 146 valence electrons. The number of rotatable bonds is 4. The van der Waals surface area contributed by atoms with Crippen LogP contribution in [0.15, 0.2) is 88.2 Å². The van der Waals surface area contributed by atoms with Gasteiger partial charge in [-0.05, 0) is 55.3 Å². The lowest BCUT2D eigenvalue weighted by molar-refractivity contribution is 0.0981. The van der Waals surface area contributed by atoms with Crippen LogP contribution in [0.4, 0.5) is 5.69 Å². The number of aryl methyl sites for hydroxylation is 2. The van der Waals surface area contributed by atoms with Crippen LogP contribution in [0.25, 0.3) is 11.0 Å². The lowest BCUT2D eigenvalue weighted by Gasteiger charge is -2.23. The van der Waals surface area contributed by atoms with Crippen molar-refractivity contribution in [3.05, 3.63) is 95.7 Å². The zero-order valence-corrected chi connectivity index (χ0v) is 16.8. The summed E-state index contributed by atoms with van der Waals surface area (Å²) in [6.45, 7) is 3.62. The number of carbonyl (C=O) groups is 1. The first-order chi connectivity index (χ1) is 13.9. The van der Waals surface area contributed by atoms with E-state index in [1.165, 1.54) is 12.1 Å². The van der Waals surface area contributed by atoms with Crippen molar-refractivity contribution in [3.8, 4) is 0 Å². The van der Waals surface area contributed by atoms with E-state index < -0.39 is 15.9 Å². The van der Waals surface area contributed by atoms with Crippen molar-refractivity contribution in [2.24, 2.45) is 0 Å². The van der Waals surface area contributed by atoms with Gasteiger partial charge in [0.2, 0.25) is 0 Å². The third-order valence-corrected chi connectivity index (χ3v) is 6.40. The molecule has 3 aromatic carbocycles. The molecule has 29 heavy (non-hydrogen) atoms. The first kappa shape index (κ1) is 19.0. The Kier molecular flexibility index (Phi) is 4.72.